The SMILES string of the molecule is O=C(O)c1ccc(NC(=O)c2cccc3[nH]ccc23)cc1. The number of amides is 1. The second-order valence-electron chi connectivity index (χ2n) is 4.58. The Morgan fingerprint density at radius 3 is 2.48 bits per heavy atom. The van der Waals surface area contributed by atoms with Gasteiger partial charge < -0.3 is 15.4 Å². The number of carboxylic acid groups (broad SMARTS) is 1. The molecule has 5 heteroatoms. The maximum atomic E-state index is 12.3. The number of carboxylic acids is 1. The fourth-order valence-corrected chi connectivity index (χ4v) is 2.18. The molecule has 104 valence electrons. The number of rotatable bonds is 3. The molecule has 2 aromatic carbocycles. The Kier molecular flexibility index (Phi) is 3.16. The maximum Gasteiger partial charge on any atom is 0.335 e. The van der Waals surface area contributed by atoms with Crippen molar-refractivity contribution in [2.45, 2.75) is 0 Å². The van der Waals surface area contributed by atoms with Crippen LogP contribution >= 0.6 is 0 Å². The maximum absolute atomic E-state index is 12.3. The van der Waals surface area contributed by atoms with E-state index in [4.69, 9.17) is 5.11 Å². The summed E-state index contributed by atoms with van der Waals surface area (Å²) in [5.41, 5.74) is 2.19. The minimum atomic E-state index is -0.995. The third kappa shape index (κ3) is 2.49. The predicted molar refractivity (Wildman–Crippen MR) is 79.7 cm³/mol. The van der Waals surface area contributed by atoms with Crippen LogP contribution in [0.25, 0.3) is 10.9 Å². The van der Waals surface area contributed by atoms with E-state index in [-0.39, 0.29) is 11.5 Å². The molecule has 3 aromatic rings. The highest BCUT2D eigenvalue weighted by molar-refractivity contribution is 6.12. The lowest BCUT2D eigenvalue weighted by molar-refractivity contribution is 0.0696. The van der Waals surface area contributed by atoms with Crippen molar-refractivity contribution in [2.24, 2.45) is 0 Å². The van der Waals surface area contributed by atoms with Crippen molar-refractivity contribution < 1.29 is 14.7 Å². The molecule has 0 saturated carbocycles. The summed E-state index contributed by atoms with van der Waals surface area (Å²) >= 11 is 0. The molecule has 0 unspecified atom stereocenters. The summed E-state index contributed by atoms with van der Waals surface area (Å²) in [6.45, 7) is 0. The van der Waals surface area contributed by atoms with Gasteiger partial charge in [0.05, 0.1) is 5.56 Å². The van der Waals surface area contributed by atoms with Crippen LogP contribution in [0.4, 0.5) is 5.69 Å². The third-order valence-corrected chi connectivity index (χ3v) is 3.23. The van der Waals surface area contributed by atoms with E-state index in [1.165, 1.54) is 12.1 Å². The van der Waals surface area contributed by atoms with Gasteiger partial charge in [0.25, 0.3) is 5.91 Å². The van der Waals surface area contributed by atoms with Crippen LogP contribution in [0.3, 0.4) is 0 Å². The van der Waals surface area contributed by atoms with Crippen LogP contribution < -0.4 is 5.32 Å². The topological polar surface area (TPSA) is 82.2 Å². The molecule has 0 radical (unpaired) electrons. The summed E-state index contributed by atoms with van der Waals surface area (Å²) < 4.78 is 0. The van der Waals surface area contributed by atoms with Gasteiger partial charge in [0.2, 0.25) is 0 Å². The summed E-state index contributed by atoms with van der Waals surface area (Å²) in [6.07, 6.45) is 1.78. The van der Waals surface area contributed by atoms with Gasteiger partial charge in [-0.1, -0.05) is 6.07 Å². The molecule has 0 fully saturated rings. The van der Waals surface area contributed by atoms with Crippen molar-refractivity contribution in [1.82, 2.24) is 4.98 Å². The van der Waals surface area contributed by atoms with Gasteiger partial charge in [-0.3, -0.25) is 4.79 Å². The van der Waals surface area contributed by atoms with Gasteiger partial charge >= 0.3 is 5.97 Å². The molecule has 21 heavy (non-hydrogen) atoms. The van der Waals surface area contributed by atoms with Gasteiger partial charge in [0.1, 0.15) is 0 Å². The van der Waals surface area contributed by atoms with E-state index in [2.05, 4.69) is 10.3 Å². The summed E-state index contributed by atoms with van der Waals surface area (Å²) in [7, 11) is 0. The van der Waals surface area contributed by atoms with Crippen molar-refractivity contribution in [3.8, 4) is 0 Å². The molecule has 1 aromatic heterocycles. The average molecular weight is 280 g/mol. The first-order valence-electron chi connectivity index (χ1n) is 6.36. The van der Waals surface area contributed by atoms with E-state index in [9.17, 15) is 9.59 Å². The van der Waals surface area contributed by atoms with Crippen LogP contribution in [0.5, 0.6) is 0 Å². The molecule has 0 aliphatic carbocycles. The highest BCUT2D eigenvalue weighted by Crippen LogP contribution is 2.19. The molecular weight excluding hydrogens is 268 g/mol. The average Bonchev–Trinajstić information content (AvgIpc) is 2.96. The van der Waals surface area contributed by atoms with Crippen LogP contribution in [-0.4, -0.2) is 22.0 Å². The number of hydrogen-bond donors (Lipinski definition) is 3. The number of fused-ring (bicyclic) bond motifs is 1. The minimum Gasteiger partial charge on any atom is -0.478 e. The largest absolute Gasteiger partial charge is 0.478 e. The lowest BCUT2D eigenvalue weighted by Gasteiger charge is -2.06. The van der Waals surface area contributed by atoms with Gasteiger partial charge in [0.15, 0.2) is 0 Å². The second-order valence-corrected chi connectivity index (χ2v) is 4.58. The second kappa shape index (κ2) is 5.13. The predicted octanol–water partition coefficient (Wildman–Crippen LogP) is 3.12. The fraction of sp³-hybridized carbons (Fsp3) is 0. The normalized spacial score (nSPS) is 10.5. The Balaban J connectivity index is 1.86. The molecule has 0 aliphatic rings. The lowest BCUT2D eigenvalue weighted by Crippen LogP contribution is -2.12. The number of benzene rings is 2. The summed E-state index contributed by atoms with van der Waals surface area (Å²) in [5.74, 6) is -1.23. The van der Waals surface area contributed by atoms with Gasteiger partial charge in [-0.25, -0.2) is 4.79 Å². The van der Waals surface area contributed by atoms with Gasteiger partial charge in [-0.15, -0.1) is 0 Å². The first-order valence-corrected chi connectivity index (χ1v) is 6.36. The number of aromatic carboxylic acids is 1. The van der Waals surface area contributed by atoms with E-state index in [0.29, 0.717) is 11.3 Å². The zero-order valence-corrected chi connectivity index (χ0v) is 11.0. The Bertz CT molecular complexity index is 819. The first kappa shape index (κ1) is 12.9. The molecule has 0 bridgehead atoms. The van der Waals surface area contributed by atoms with Crippen LogP contribution in [-0.2, 0) is 0 Å². The van der Waals surface area contributed by atoms with Crippen LogP contribution in [0.2, 0.25) is 0 Å². The van der Waals surface area contributed by atoms with Gasteiger partial charge in [-0.2, -0.15) is 0 Å². The third-order valence-electron chi connectivity index (χ3n) is 3.23. The quantitative estimate of drug-likeness (QED) is 0.689. The highest BCUT2D eigenvalue weighted by Gasteiger charge is 2.11. The molecule has 1 heterocycles. The molecule has 5 nitrogen and oxygen atoms in total. The lowest BCUT2D eigenvalue weighted by atomic mass is 10.1. The monoisotopic (exact) mass is 280 g/mol. The van der Waals surface area contributed by atoms with Crippen molar-refractivity contribution in [1.29, 1.82) is 0 Å². The number of nitrogens with one attached hydrogen (secondary N) is 2. The van der Waals surface area contributed by atoms with E-state index < -0.39 is 5.97 Å². The number of carbonyl (C=O) groups excluding carboxylic acids is 1. The Hall–Kier alpha value is -3.08. The van der Waals surface area contributed by atoms with Crippen LogP contribution in [0.15, 0.2) is 54.7 Å². The molecule has 0 spiro atoms. The van der Waals surface area contributed by atoms with E-state index in [1.807, 2.05) is 12.1 Å². The number of hydrogen-bond acceptors (Lipinski definition) is 2. The summed E-state index contributed by atoms with van der Waals surface area (Å²) in [4.78, 5) is 26.1. The molecule has 0 atom stereocenters. The standard InChI is InChI=1S/C16H12N2O3/c19-15(13-2-1-3-14-12(13)8-9-17-14)18-11-6-4-10(5-7-11)16(20)21/h1-9,17H,(H,18,19)(H,20,21). The molecule has 3 N–H and O–H groups in total. The molecular formula is C16H12N2O3. The zero-order valence-electron chi connectivity index (χ0n) is 11.0. The molecule has 1 amide bonds. The molecule has 3 rings (SSSR count). The zero-order chi connectivity index (χ0) is 14.8. The van der Waals surface area contributed by atoms with Crippen molar-refractivity contribution >= 4 is 28.5 Å². The molecule has 0 aliphatic heterocycles. The summed E-state index contributed by atoms with van der Waals surface area (Å²) in [6, 6.07) is 13.3. The van der Waals surface area contributed by atoms with Crippen molar-refractivity contribution in [3.05, 3.63) is 65.9 Å². The number of aromatic nitrogens is 1. The minimum absolute atomic E-state index is 0.181. The molecule has 0 saturated heterocycles. The van der Waals surface area contributed by atoms with E-state index in [1.54, 1.807) is 30.5 Å². The van der Waals surface area contributed by atoms with Crippen LogP contribution in [0, 0.1) is 0 Å². The number of anilines is 1. The first-order chi connectivity index (χ1) is 10.1. The number of carbonyl (C=O) groups is 2. The van der Waals surface area contributed by atoms with Gasteiger partial charge in [-0.05, 0) is 42.5 Å². The van der Waals surface area contributed by atoms with Crippen molar-refractivity contribution in [2.75, 3.05) is 5.32 Å². The van der Waals surface area contributed by atoms with Gasteiger partial charge in [0, 0.05) is 28.4 Å². The summed E-state index contributed by atoms with van der Waals surface area (Å²) in [5, 5.41) is 12.4. The number of aromatic amines is 1. The van der Waals surface area contributed by atoms with Crippen LogP contribution in [0.1, 0.15) is 20.7 Å². The van der Waals surface area contributed by atoms with E-state index >= 15 is 0 Å². The Labute approximate surface area is 120 Å². The smallest absolute Gasteiger partial charge is 0.335 e. The Morgan fingerprint density at radius 1 is 1.00 bits per heavy atom. The fourth-order valence-electron chi connectivity index (χ4n) is 2.18. The van der Waals surface area contributed by atoms with Crippen molar-refractivity contribution in [3.63, 3.8) is 0 Å². The highest BCUT2D eigenvalue weighted by atomic mass is 16.4. The van der Waals surface area contributed by atoms with E-state index in [0.717, 1.165) is 10.9 Å². The number of H-pyrrole nitrogens is 1. The Morgan fingerprint density at radius 2 is 1.76 bits per heavy atom.